The molecule has 0 radical (unpaired) electrons. The standard InChI is InChI=1S/C19H18Cl2N2O4/c1-10(15-8-7-14(20)9-16(15)21)23-18(25)11(2)27-19(26)13-5-3-12(4-6-13)17(22)24/h3-11H,1-2H3,(H2,22,24)(H,23,25). The molecule has 2 rings (SSSR count). The van der Waals surface area contributed by atoms with Crippen molar-refractivity contribution in [2.45, 2.75) is 26.0 Å². The summed E-state index contributed by atoms with van der Waals surface area (Å²) in [6.07, 6.45) is -1.03. The Kier molecular flexibility index (Phi) is 6.82. The number of benzene rings is 2. The molecule has 0 bridgehead atoms. The fourth-order valence-electron chi connectivity index (χ4n) is 2.31. The Labute approximate surface area is 166 Å². The molecular formula is C19H18Cl2N2O4. The van der Waals surface area contributed by atoms with E-state index in [9.17, 15) is 14.4 Å². The zero-order valence-electron chi connectivity index (χ0n) is 14.7. The van der Waals surface area contributed by atoms with E-state index >= 15 is 0 Å². The molecule has 0 aliphatic carbocycles. The molecule has 0 spiro atoms. The number of hydrogen-bond donors (Lipinski definition) is 2. The maximum Gasteiger partial charge on any atom is 0.338 e. The second-order valence-corrected chi connectivity index (χ2v) is 6.73. The number of ether oxygens (including phenoxy) is 1. The first kappa shape index (κ1) is 20.7. The molecule has 8 heteroatoms. The molecule has 2 aromatic rings. The lowest BCUT2D eigenvalue weighted by Crippen LogP contribution is -2.37. The van der Waals surface area contributed by atoms with E-state index in [0.717, 1.165) is 0 Å². The SMILES string of the molecule is CC(OC(=O)c1ccc(C(N)=O)cc1)C(=O)NC(C)c1ccc(Cl)cc1Cl. The molecule has 2 aromatic carbocycles. The van der Waals surface area contributed by atoms with Crippen LogP contribution in [0.25, 0.3) is 0 Å². The number of hydrogen-bond acceptors (Lipinski definition) is 4. The Balaban J connectivity index is 1.98. The van der Waals surface area contributed by atoms with Crippen molar-refractivity contribution in [3.8, 4) is 0 Å². The lowest BCUT2D eigenvalue weighted by Gasteiger charge is -2.19. The van der Waals surface area contributed by atoms with Crippen LogP contribution >= 0.6 is 23.2 Å². The van der Waals surface area contributed by atoms with Gasteiger partial charge in [-0.1, -0.05) is 29.3 Å². The van der Waals surface area contributed by atoms with Crippen molar-refractivity contribution in [3.05, 3.63) is 69.2 Å². The van der Waals surface area contributed by atoms with Crippen LogP contribution in [0.2, 0.25) is 10.0 Å². The molecule has 0 saturated heterocycles. The van der Waals surface area contributed by atoms with Gasteiger partial charge in [0.1, 0.15) is 0 Å². The van der Waals surface area contributed by atoms with Crippen molar-refractivity contribution in [1.82, 2.24) is 5.32 Å². The second-order valence-electron chi connectivity index (χ2n) is 5.89. The van der Waals surface area contributed by atoms with Gasteiger partial charge in [-0.2, -0.15) is 0 Å². The minimum absolute atomic E-state index is 0.202. The van der Waals surface area contributed by atoms with Gasteiger partial charge in [-0.05, 0) is 55.8 Å². The van der Waals surface area contributed by atoms with Crippen LogP contribution in [-0.2, 0) is 9.53 Å². The van der Waals surface area contributed by atoms with Crippen LogP contribution in [0.15, 0.2) is 42.5 Å². The highest BCUT2D eigenvalue weighted by molar-refractivity contribution is 6.35. The largest absolute Gasteiger partial charge is 0.449 e. The summed E-state index contributed by atoms with van der Waals surface area (Å²) < 4.78 is 5.16. The molecular weight excluding hydrogens is 391 g/mol. The van der Waals surface area contributed by atoms with E-state index in [1.807, 2.05) is 0 Å². The van der Waals surface area contributed by atoms with Gasteiger partial charge >= 0.3 is 5.97 Å². The predicted octanol–water partition coefficient (Wildman–Crippen LogP) is 3.52. The Hall–Kier alpha value is -2.57. The monoisotopic (exact) mass is 408 g/mol. The first-order valence-electron chi connectivity index (χ1n) is 8.05. The summed E-state index contributed by atoms with van der Waals surface area (Å²) in [6.45, 7) is 3.21. The van der Waals surface area contributed by atoms with Crippen molar-refractivity contribution in [3.63, 3.8) is 0 Å². The van der Waals surface area contributed by atoms with E-state index < -0.39 is 29.9 Å². The average molecular weight is 409 g/mol. The number of carbonyl (C=O) groups is 3. The number of carbonyl (C=O) groups excluding carboxylic acids is 3. The van der Waals surface area contributed by atoms with Crippen LogP contribution in [0.1, 0.15) is 46.2 Å². The van der Waals surface area contributed by atoms with Crippen LogP contribution in [0.5, 0.6) is 0 Å². The fourth-order valence-corrected chi connectivity index (χ4v) is 2.89. The topological polar surface area (TPSA) is 98.5 Å². The Bertz CT molecular complexity index is 869. The summed E-state index contributed by atoms with van der Waals surface area (Å²) in [4.78, 5) is 35.5. The first-order chi connectivity index (χ1) is 12.7. The molecule has 0 saturated carbocycles. The van der Waals surface area contributed by atoms with Gasteiger partial charge in [0.15, 0.2) is 6.10 Å². The summed E-state index contributed by atoms with van der Waals surface area (Å²) in [5.74, 6) is -1.76. The zero-order chi connectivity index (χ0) is 20.1. The Morgan fingerprint density at radius 3 is 2.15 bits per heavy atom. The van der Waals surface area contributed by atoms with Gasteiger partial charge in [0.25, 0.3) is 5.91 Å². The van der Waals surface area contributed by atoms with Crippen molar-refractivity contribution >= 4 is 41.0 Å². The summed E-state index contributed by atoms with van der Waals surface area (Å²) >= 11 is 12.0. The van der Waals surface area contributed by atoms with Crippen LogP contribution < -0.4 is 11.1 Å². The van der Waals surface area contributed by atoms with Gasteiger partial charge in [-0.15, -0.1) is 0 Å². The van der Waals surface area contributed by atoms with E-state index in [0.29, 0.717) is 15.6 Å². The Morgan fingerprint density at radius 1 is 1.00 bits per heavy atom. The summed E-state index contributed by atoms with van der Waals surface area (Å²) in [7, 11) is 0. The molecule has 3 N–H and O–H groups in total. The summed E-state index contributed by atoms with van der Waals surface area (Å²) in [5, 5.41) is 3.65. The fraction of sp³-hybridized carbons (Fsp3) is 0.211. The van der Waals surface area contributed by atoms with Crippen LogP contribution in [0.4, 0.5) is 0 Å². The van der Waals surface area contributed by atoms with E-state index in [2.05, 4.69) is 5.32 Å². The molecule has 2 unspecified atom stereocenters. The normalized spacial score (nSPS) is 12.7. The smallest absolute Gasteiger partial charge is 0.338 e. The van der Waals surface area contributed by atoms with Gasteiger partial charge in [0.05, 0.1) is 11.6 Å². The number of nitrogens with one attached hydrogen (secondary N) is 1. The molecule has 0 fully saturated rings. The van der Waals surface area contributed by atoms with Gasteiger partial charge in [0, 0.05) is 15.6 Å². The number of amides is 2. The van der Waals surface area contributed by atoms with Gasteiger partial charge < -0.3 is 15.8 Å². The first-order valence-corrected chi connectivity index (χ1v) is 8.80. The maximum absolute atomic E-state index is 12.3. The maximum atomic E-state index is 12.3. The number of halogens is 2. The van der Waals surface area contributed by atoms with Crippen molar-refractivity contribution in [1.29, 1.82) is 0 Å². The van der Waals surface area contributed by atoms with Crippen LogP contribution in [-0.4, -0.2) is 23.9 Å². The number of nitrogens with two attached hydrogens (primary N) is 1. The molecule has 27 heavy (non-hydrogen) atoms. The van der Waals surface area contributed by atoms with E-state index in [1.54, 1.807) is 25.1 Å². The molecule has 2 atom stereocenters. The van der Waals surface area contributed by atoms with Gasteiger partial charge in [-0.3, -0.25) is 9.59 Å². The summed E-state index contributed by atoms with van der Waals surface area (Å²) in [5.41, 5.74) is 6.31. The van der Waals surface area contributed by atoms with Gasteiger partial charge in [0.2, 0.25) is 5.91 Å². The predicted molar refractivity (Wildman–Crippen MR) is 103 cm³/mol. The highest BCUT2D eigenvalue weighted by Crippen LogP contribution is 2.26. The molecule has 2 amide bonds. The highest BCUT2D eigenvalue weighted by Gasteiger charge is 2.22. The van der Waals surface area contributed by atoms with E-state index in [-0.39, 0.29) is 11.1 Å². The summed E-state index contributed by atoms with van der Waals surface area (Å²) in [6, 6.07) is 10.2. The quantitative estimate of drug-likeness (QED) is 0.714. The van der Waals surface area contributed by atoms with Gasteiger partial charge in [-0.25, -0.2) is 4.79 Å². The minimum Gasteiger partial charge on any atom is -0.449 e. The molecule has 0 aliphatic heterocycles. The third-order valence-electron chi connectivity index (χ3n) is 3.85. The van der Waals surface area contributed by atoms with Crippen LogP contribution in [0, 0.1) is 0 Å². The van der Waals surface area contributed by atoms with Crippen molar-refractivity contribution in [2.24, 2.45) is 5.73 Å². The number of esters is 1. The third-order valence-corrected chi connectivity index (χ3v) is 4.41. The number of primary amides is 1. The lowest BCUT2D eigenvalue weighted by molar-refractivity contribution is -0.129. The average Bonchev–Trinajstić information content (AvgIpc) is 2.61. The Morgan fingerprint density at radius 2 is 1.59 bits per heavy atom. The molecule has 0 aromatic heterocycles. The molecule has 142 valence electrons. The highest BCUT2D eigenvalue weighted by atomic mass is 35.5. The van der Waals surface area contributed by atoms with Crippen LogP contribution in [0.3, 0.4) is 0 Å². The zero-order valence-corrected chi connectivity index (χ0v) is 16.2. The van der Waals surface area contributed by atoms with E-state index in [4.69, 9.17) is 33.7 Å². The van der Waals surface area contributed by atoms with E-state index in [1.165, 1.54) is 31.2 Å². The third kappa shape index (κ3) is 5.45. The molecule has 6 nitrogen and oxygen atoms in total. The minimum atomic E-state index is -1.03. The van der Waals surface area contributed by atoms with Crippen molar-refractivity contribution in [2.75, 3.05) is 0 Å². The van der Waals surface area contributed by atoms with Crippen molar-refractivity contribution < 1.29 is 19.1 Å². The second kappa shape index (κ2) is 8.88. The molecule has 0 aliphatic rings. The number of rotatable bonds is 6. The molecule has 0 heterocycles. The lowest BCUT2D eigenvalue weighted by atomic mass is 10.1.